The largest absolute Gasteiger partial charge is 0.371 e. The second-order valence-corrected chi connectivity index (χ2v) is 8.28. The number of hydrogen-bond donors (Lipinski definition) is 0. The van der Waals surface area contributed by atoms with E-state index in [9.17, 15) is 8.42 Å². The first kappa shape index (κ1) is 17.1. The van der Waals surface area contributed by atoms with E-state index in [-0.39, 0.29) is 11.9 Å². The van der Waals surface area contributed by atoms with Crippen LogP contribution >= 0.6 is 0 Å². The highest BCUT2D eigenvalue weighted by Crippen LogP contribution is 2.25. The summed E-state index contributed by atoms with van der Waals surface area (Å²) in [6.45, 7) is 5.14. The van der Waals surface area contributed by atoms with Crippen molar-refractivity contribution < 1.29 is 13.2 Å². The van der Waals surface area contributed by atoms with Gasteiger partial charge in [0.2, 0.25) is 10.0 Å². The number of hydrogen-bond acceptors (Lipinski definition) is 3. The summed E-state index contributed by atoms with van der Waals surface area (Å²) < 4.78 is 33.1. The average molecular weight is 345 g/mol. The summed E-state index contributed by atoms with van der Waals surface area (Å²) in [6.07, 6.45) is -0.201. The van der Waals surface area contributed by atoms with Crippen LogP contribution in [0, 0.1) is 13.8 Å². The van der Waals surface area contributed by atoms with Gasteiger partial charge in [0.05, 0.1) is 18.5 Å². The summed E-state index contributed by atoms with van der Waals surface area (Å²) in [6, 6.07) is 15.7. The van der Waals surface area contributed by atoms with E-state index in [1.54, 1.807) is 4.31 Å². The van der Waals surface area contributed by atoms with Crippen LogP contribution in [0.4, 0.5) is 0 Å². The molecule has 3 rings (SSSR count). The quantitative estimate of drug-likeness (QED) is 0.855. The van der Waals surface area contributed by atoms with E-state index in [1.807, 2.05) is 62.4 Å². The van der Waals surface area contributed by atoms with E-state index in [1.165, 1.54) is 0 Å². The number of ether oxygens (including phenoxy) is 1. The van der Waals surface area contributed by atoms with Crippen molar-refractivity contribution in [3.05, 3.63) is 70.8 Å². The minimum atomic E-state index is -3.36. The lowest BCUT2D eigenvalue weighted by Crippen LogP contribution is -2.42. The van der Waals surface area contributed by atoms with Crippen LogP contribution in [0.1, 0.15) is 28.4 Å². The molecule has 1 atom stereocenters. The van der Waals surface area contributed by atoms with E-state index in [2.05, 4.69) is 0 Å². The van der Waals surface area contributed by atoms with Crippen molar-refractivity contribution in [1.29, 1.82) is 0 Å². The standard InChI is InChI=1S/C19H23NO3S/c1-15-8-9-16(2)18(12-15)14-24(21,22)20-10-11-23-19(13-20)17-6-4-3-5-7-17/h3-9,12,19H,10-11,13-14H2,1-2H3. The molecular formula is C19H23NO3S. The van der Waals surface area contributed by atoms with Gasteiger partial charge < -0.3 is 4.74 Å². The third-order valence-corrected chi connectivity index (χ3v) is 6.23. The Morgan fingerprint density at radius 3 is 2.62 bits per heavy atom. The summed E-state index contributed by atoms with van der Waals surface area (Å²) in [7, 11) is -3.36. The number of benzene rings is 2. The number of sulfonamides is 1. The molecule has 1 unspecified atom stereocenters. The van der Waals surface area contributed by atoms with Crippen molar-refractivity contribution in [2.75, 3.05) is 19.7 Å². The maximum Gasteiger partial charge on any atom is 0.218 e. The number of morpholine rings is 1. The zero-order valence-corrected chi connectivity index (χ0v) is 14.9. The SMILES string of the molecule is Cc1ccc(C)c(CS(=O)(=O)N2CCOC(c3ccccc3)C2)c1. The van der Waals surface area contributed by atoms with Gasteiger partial charge in [0.25, 0.3) is 0 Å². The first-order chi connectivity index (χ1) is 11.5. The third kappa shape index (κ3) is 3.86. The second kappa shape index (κ2) is 7.05. The van der Waals surface area contributed by atoms with Crippen LogP contribution in [-0.2, 0) is 20.5 Å². The summed E-state index contributed by atoms with van der Waals surface area (Å²) in [5, 5.41) is 0. The summed E-state index contributed by atoms with van der Waals surface area (Å²) >= 11 is 0. The van der Waals surface area contributed by atoms with Gasteiger partial charge in [-0.25, -0.2) is 8.42 Å². The monoisotopic (exact) mass is 345 g/mol. The Morgan fingerprint density at radius 1 is 1.12 bits per heavy atom. The Morgan fingerprint density at radius 2 is 1.88 bits per heavy atom. The van der Waals surface area contributed by atoms with Crippen LogP contribution in [0.5, 0.6) is 0 Å². The highest BCUT2D eigenvalue weighted by Gasteiger charge is 2.30. The molecule has 1 aliphatic heterocycles. The molecule has 0 saturated carbocycles. The molecule has 128 valence electrons. The van der Waals surface area contributed by atoms with Gasteiger partial charge >= 0.3 is 0 Å². The normalized spacial score (nSPS) is 19.3. The third-order valence-electron chi connectivity index (χ3n) is 4.44. The van der Waals surface area contributed by atoms with E-state index < -0.39 is 10.0 Å². The molecule has 1 fully saturated rings. The number of nitrogens with zero attached hydrogens (tertiary/aromatic N) is 1. The number of aryl methyl sites for hydroxylation is 2. The van der Waals surface area contributed by atoms with Crippen molar-refractivity contribution in [3.63, 3.8) is 0 Å². The molecule has 0 radical (unpaired) electrons. The lowest BCUT2D eigenvalue weighted by molar-refractivity contribution is -0.00260. The molecule has 0 amide bonds. The first-order valence-corrected chi connectivity index (χ1v) is 9.77. The molecule has 0 spiro atoms. The van der Waals surface area contributed by atoms with Gasteiger partial charge in [-0.3, -0.25) is 0 Å². The van der Waals surface area contributed by atoms with E-state index in [0.717, 1.165) is 22.3 Å². The van der Waals surface area contributed by atoms with Crippen molar-refractivity contribution in [2.45, 2.75) is 25.7 Å². The smallest absolute Gasteiger partial charge is 0.218 e. The van der Waals surface area contributed by atoms with E-state index in [0.29, 0.717) is 19.7 Å². The van der Waals surface area contributed by atoms with E-state index >= 15 is 0 Å². The maximum absolute atomic E-state index is 12.9. The highest BCUT2D eigenvalue weighted by atomic mass is 32.2. The molecule has 0 N–H and O–H groups in total. The molecule has 0 bridgehead atoms. The molecule has 0 aliphatic carbocycles. The Bertz CT molecular complexity index is 803. The van der Waals surface area contributed by atoms with Crippen LogP contribution in [-0.4, -0.2) is 32.4 Å². The Hall–Kier alpha value is -1.69. The van der Waals surface area contributed by atoms with Crippen LogP contribution < -0.4 is 0 Å². The average Bonchev–Trinajstić information content (AvgIpc) is 2.59. The molecule has 1 saturated heterocycles. The predicted octanol–water partition coefficient (Wildman–Crippen LogP) is 3.21. The van der Waals surface area contributed by atoms with Gasteiger partial charge in [-0.05, 0) is 30.5 Å². The minimum Gasteiger partial charge on any atom is -0.371 e. The molecule has 5 heteroatoms. The Labute approximate surface area is 144 Å². The molecule has 1 heterocycles. The Balaban J connectivity index is 1.78. The molecule has 0 aromatic heterocycles. The van der Waals surface area contributed by atoms with Gasteiger partial charge in [-0.15, -0.1) is 0 Å². The highest BCUT2D eigenvalue weighted by molar-refractivity contribution is 7.88. The van der Waals surface area contributed by atoms with Crippen LogP contribution in [0.2, 0.25) is 0 Å². The van der Waals surface area contributed by atoms with Gasteiger partial charge in [0.1, 0.15) is 0 Å². The fourth-order valence-corrected chi connectivity index (χ4v) is 4.59. The Kier molecular flexibility index (Phi) is 5.04. The number of rotatable bonds is 4. The maximum atomic E-state index is 12.9. The lowest BCUT2D eigenvalue weighted by atomic mass is 10.1. The van der Waals surface area contributed by atoms with Gasteiger partial charge in [0, 0.05) is 13.1 Å². The summed E-state index contributed by atoms with van der Waals surface area (Å²) in [5.41, 5.74) is 3.98. The van der Waals surface area contributed by atoms with Crippen LogP contribution in [0.15, 0.2) is 48.5 Å². The van der Waals surface area contributed by atoms with Gasteiger partial charge in [-0.1, -0.05) is 54.1 Å². The molecular weight excluding hydrogens is 322 g/mol. The fourth-order valence-electron chi connectivity index (χ4n) is 2.99. The van der Waals surface area contributed by atoms with Crippen molar-refractivity contribution in [3.8, 4) is 0 Å². The van der Waals surface area contributed by atoms with Crippen LogP contribution in [0.25, 0.3) is 0 Å². The van der Waals surface area contributed by atoms with Gasteiger partial charge in [0.15, 0.2) is 0 Å². The van der Waals surface area contributed by atoms with Crippen molar-refractivity contribution in [1.82, 2.24) is 4.31 Å². The molecule has 4 nitrogen and oxygen atoms in total. The topological polar surface area (TPSA) is 46.6 Å². The van der Waals surface area contributed by atoms with Crippen molar-refractivity contribution >= 4 is 10.0 Å². The molecule has 24 heavy (non-hydrogen) atoms. The predicted molar refractivity (Wildman–Crippen MR) is 95.2 cm³/mol. The van der Waals surface area contributed by atoms with E-state index in [4.69, 9.17) is 4.74 Å². The fraction of sp³-hybridized carbons (Fsp3) is 0.368. The van der Waals surface area contributed by atoms with Crippen molar-refractivity contribution in [2.24, 2.45) is 0 Å². The molecule has 2 aromatic rings. The first-order valence-electron chi connectivity index (χ1n) is 8.16. The molecule has 1 aliphatic rings. The minimum absolute atomic E-state index is 0.0437. The summed E-state index contributed by atoms with van der Waals surface area (Å²) in [4.78, 5) is 0. The van der Waals surface area contributed by atoms with Gasteiger partial charge in [-0.2, -0.15) is 4.31 Å². The summed E-state index contributed by atoms with van der Waals surface area (Å²) in [5.74, 6) is 0.0437. The zero-order valence-electron chi connectivity index (χ0n) is 14.1. The second-order valence-electron chi connectivity index (χ2n) is 6.31. The zero-order chi connectivity index (χ0) is 17.2. The molecule has 2 aromatic carbocycles. The lowest BCUT2D eigenvalue weighted by Gasteiger charge is -2.32. The van der Waals surface area contributed by atoms with Crippen LogP contribution in [0.3, 0.4) is 0 Å².